The fourth-order valence-electron chi connectivity index (χ4n) is 1.23. The summed E-state index contributed by atoms with van der Waals surface area (Å²) in [6.45, 7) is 1.25. The number of amides is 1. The molecule has 1 rings (SSSR count). The van der Waals surface area contributed by atoms with E-state index in [1.807, 2.05) is 30.3 Å². The molecule has 1 unspecified atom stereocenters. The van der Waals surface area contributed by atoms with E-state index in [1.54, 1.807) is 0 Å². The molecule has 1 atom stereocenters. The molecular formula is C11H13NO3. The van der Waals surface area contributed by atoms with Crippen LogP contribution in [0.25, 0.3) is 0 Å². The molecule has 0 aromatic heterocycles. The Morgan fingerprint density at radius 3 is 2.40 bits per heavy atom. The summed E-state index contributed by atoms with van der Waals surface area (Å²) in [4.78, 5) is 21.7. The minimum absolute atomic E-state index is 0.315. The second-order valence-electron chi connectivity index (χ2n) is 3.19. The van der Waals surface area contributed by atoms with Crippen molar-refractivity contribution in [2.75, 3.05) is 0 Å². The second-order valence-corrected chi connectivity index (χ2v) is 3.19. The molecule has 0 heterocycles. The summed E-state index contributed by atoms with van der Waals surface area (Å²) in [5, 5.41) is 0. The second kappa shape index (κ2) is 5.14. The summed E-state index contributed by atoms with van der Waals surface area (Å²) in [6.07, 6.45) is -0.569. The van der Waals surface area contributed by atoms with E-state index in [4.69, 9.17) is 10.5 Å². The van der Waals surface area contributed by atoms with Crippen molar-refractivity contribution in [1.29, 1.82) is 0 Å². The van der Waals surface area contributed by atoms with Crippen LogP contribution in [0.5, 0.6) is 0 Å². The Morgan fingerprint density at radius 2 is 1.93 bits per heavy atom. The number of hydrogen-bond donors (Lipinski definition) is 1. The number of rotatable bonds is 4. The highest BCUT2D eigenvalue weighted by Gasteiger charge is 2.18. The molecule has 0 aliphatic carbocycles. The van der Waals surface area contributed by atoms with E-state index in [-0.39, 0.29) is 0 Å². The number of benzene rings is 1. The monoisotopic (exact) mass is 207 g/mol. The number of ether oxygens (including phenoxy) is 1. The maximum absolute atomic E-state index is 11.0. The summed E-state index contributed by atoms with van der Waals surface area (Å²) >= 11 is 0. The number of carbonyl (C=O) groups is 2. The van der Waals surface area contributed by atoms with Gasteiger partial charge in [-0.15, -0.1) is 0 Å². The average molecular weight is 207 g/mol. The van der Waals surface area contributed by atoms with E-state index in [2.05, 4.69) is 0 Å². The molecule has 0 aliphatic heterocycles. The van der Waals surface area contributed by atoms with E-state index in [0.29, 0.717) is 6.42 Å². The molecule has 0 fully saturated rings. The zero-order valence-electron chi connectivity index (χ0n) is 8.47. The van der Waals surface area contributed by atoms with Crippen LogP contribution in [0, 0.1) is 0 Å². The summed E-state index contributed by atoms with van der Waals surface area (Å²) in [6, 6.07) is 9.26. The maximum atomic E-state index is 11.0. The van der Waals surface area contributed by atoms with Gasteiger partial charge < -0.3 is 10.5 Å². The van der Waals surface area contributed by atoms with E-state index in [9.17, 15) is 9.59 Å². The van der Waals surface area contributed by atoms with Crippen molar-refractivity contribution in [3.05, 3.63) is 35.9 Å². The van der Waals surface area contributed by atoms with Crippen LogP contribution in [0.3, 0.4) is 0 Å². The van der Waals surface area contributed by atoms with Crippen LogP contribution in [-0.4, -0.2) is 18.0 Å². The zero-order valence-corrected chi connectivity index (χ0v) is 8.47. The fourth-order valence-corrected chi connectivity index (χ4v) is 1.23. The number of carbonyl (C=O) groups excluding carboxylic acids is 2. The quantitative estimate of drug-likeness (QED) is 0.737. The third-order valence-corrected chi connectivity index (χ3v) is 1.89. The lowest BCUT2D eigenvalue weighted by molar-refractivity contribution is -0.152. The average Bonchev–Trinajstić information content (AvgIpc) is 2.17. The van der Waals surface area contributed by atoms with E-state index in [0.717, 1.165) is 5.56 Å². The molecule has 1 aromatic rings. The summed E-state index contributed by atoms with van der Waals surface area (Å²) in [5.41, 5.74) is 6.02. The van der Waals surface area contributed by atoms with Crippen molar-refractivity contribution in [3.63, 3.8) is 0 Å². The van der Waals surface area contributed by atoms with Gasteiger partial charge in [-0.2, -0.15) is 0 Å². The van der Waals surface area contributed by atoms with Crippen molar-refractivity contribution in [2.45, 2.75) is 19.4 Å². The predicted octanol–water partition coefficient (Wildman–Crippen LogP) is 0.646. The van der Waals surface area contributed by atoms with Crippen LogP contribution < -0.4 is 5.73 Å². The minimum Gasteiger partial charge on any atom is -0.452 e. The van der Waals surface area contributed by atoms with Crippen molar-refractivity contribution in [1.82, 2.24) is 0 Å². The molecule has 4 nitrogen and oxygen atoms in total. The summed E-state index contributed by atoms with van der Waals surface area (Å²) < 4.78 is 4.80. The molecule has 4 heteroatoms. The Bertz CT molecular complexity index is 348. The van der Waals surface area contributed by atoms with Gasteiger partial charge in [-0.05, 0) is 5.56 Å². The lowest BCUT2D eigenvalue weighted by Gasteiger charge is -2.13. The number of primary amides is 1. The molecule has 0 spiro atoms. The van der Waals surface area contributed by atoms with Crippen LogP contribution in [0.2, 0.25) is 0 Å². The topological polar surface area (TPSA) is 69.4 Å². The Labute approximate surface area is 88.0 Å². The van der Waals surface area contributed by atoms with Gasteiger partial charge in [0.25, 0.3) is 5.91 Å². The van der Waals surface area contributed by atoms with Gasteiger partial charge in [-0.25, -0.2) is 0 Å². The van der Waals surface area contributed by atoms with Gasteiger partial charge in [-0.3, -0.25) is 9.59 Å². The van der Waals surface area contributed by atoms with Gasteiger partial charge in [0.2, 0.25) is 0 Å². The Hall–Kier alpha value is -1.84. The third kappa shape index (κ3) is 3.81. The van der Waals surface area contributed by atoms with Gasteiger partial charge in [0, 0.05) is 13.3 Å². The van der Waals surface area contributed by atoms with Crippen LogP contribution in [0.1, 0.15) is 12.5 Å². The molecular weight excluding hydrogens is 194 g/mol. The third-order valence-electron chi connectivity index (χ3n) is 1.89. The van der Waals surface area contributed by atoms with Crippen molar-refractivity contribution >= 4 is 11.9 Å². The van der Waals surface area contributed by atoms with Crippen LogP contribution >= 0.6 is 0 Å². The normalized spacial score (nSPS) is 11.8. The molecule has 0 bridgehead atoms. The SMILES string of the molecule is CC(=O)OC(Cc1ccccc1)C(N)=O. The van der Waals surface area contributed by atoms with Gasteiger partial charge in [-0.1, -0.05) is 30.3 Å². The number of hydrogen-bond acceptors (Lipinski definition) is 3. The van der Waals surface area contributed by atoms with E-state index in [1.165, 1.54) is 6.92 Å². The molecule has 1 amide bonds. The van der Waals surface area contributed by atoms with Crippen LogP contribution in [0.15, 0.2) is 30.3 Å². The van der Waals surface area contributed by atoms with Crippen LogP contribution in [0.4, 0.5) is 0 Å². The maximum Gasteiger partial charge on any atom is 0.303 e. The molecule has 0 saturated carbocycles. The molecule has 0 aliphatic rings. The number of esters is 1. The Morgan fingerprint density at radius 1 is 1.33 bits per heavy atom. The van der Waals surface area contributed by atoms with Crippen molar-refractivity contribution < 1.29 is 14.3 Å². The molecule has 0 radical (unpaired) electrons. The lowest BCUT2D eigenvalue weighted by atomic mass is 10.1. The highest BCUT2D eigenvalue weighted by molar-refractivity contribution is 5.82. The molecule has 1 aromatic carbocycles. The Kier molecular flexibility index (Phi) is 3.85. The summed E-state index contributed by atoms with van der Waals surface area (Å²) in [5.74, 6) is -1.14. The first kappa shape index (κ1) is 11.2. The predicted molar refractivity (Wildman–Crippen MR) is 54.9 cm³/mol. The van der Waals surface area contributed by atoms with Gasteiger partial charge >= 0.3 is 5.97 Å². The van der Waals surface area contributed by atoms with E-state index < -0.39 is 18.0 Å². The molecule has 15 heavy (non-hydrogen) atoms. The van der Waals surface area contributed by atoms with Gasteiger partial charge in [0.05, 0.1) is 0 Å². The lowest BCUT2D eigenvalue weighted by Crippen LogP contribution is -2.34. The highest BCUT2D eigenvalue weighted by Crippen LogP contribution is 2.05. The Balaban J connectivity index is 2.67. The van der Waals surface area contributed by atoms with E-state index >= 15 is 0 Å². The zero-order chi connectivity index (χ0) is 11.3. The molecule has 80 valence electrons. The first-order valence-electron chi connectivity index (χ1n) is 4.60. The smallest absolute Gasteiger partial charge is 0.303 e. The first-order chi connectivity index (χ1) is 7.09. The highest BCUT2D eigenvalue weighted by atomic mass is 16.5. The van der Waals surface area contributed by atoms with Crippen molar-refractivity contribution in [3.8, 4) is 0 Å². The number of nitrogens with two attached hydrogens (primary N) is 1. The fraction of sp³-hybridized carbons (Fsp3) is 0.273. The molecule has 2 N–H and O–H groups in total. The standard InChI is InChI=1S/C11H13NO3/c1-8(13)15-10(11(12)14)7-9-5-3-2-4-6-9/h2-6,10H,7H2,1H3,(H2,12,14). The van der Waals surface area contributed by atoms with Gasteiger partial charge in [0.1, 0.15) is 0 Å². The molecule has 0 saturated heterocycles. The summed E-state index contributed by atoms with van der Waals surface area (Å²) in [7, 11) is 0. The van der Waals surface area contributed by atoms with Gasteiger partial charge in [0.15, 0.2) is 6.10 Å². The van der Waals surface area contributed by atoms with Crippen LogP contribution in [-0.2, 0) is 20.7 Å². The minimum atomic E-state index is -0.884. The van der Waals surface area contributed by atoms with Crippen molar-refractivity contribution in [2.24, 2.45) is 5.73 Å². The largest absolute Gasteiger partial charge is 0.452 e. The first-order valence-corrected chi connectivity index (χ1v) is 4.60.